The molecular weight excluding hydrogens is 370 g/mol. The number of hydrogen-bond acceptors (Lipinski definition) is 5. The van der Waals surface area contributed by atoms with Gasteiger partial charge in [-0.1, -0.05) is 13.8 Å². The van der Waals surface area contributed by atoms with Crippen LogP contribution >= 0.6 is 27.3 Å². The highest BCUT2D eigenvalue weighted by atomic mass is 79.9. The highest BCUT2D eigenvalue weighted by molar-refractivity contribution is 9.11. The summed E-state index contributed by atoms with van der Waals surface area (Å²) in [4.78, 5) is 10.6. The zero-order chi connectivity index (χ0) is 15.5. The summed E-state index contributed by atoms with van der Waals surface area (Å²) in [5.74, 6) is -0.932. The topological polar surface area (TPSA) is 104 Å². The number of hydrogen-bond donors (Lipinski definition) is 3. The predicted octanol–water partition coefficient (Wildman–Crippen LogP) is 1.89. The number of aliphatic hydroxyl groups is 1. The fourth-order valence-electron chi connectivity index (χ4n) is 1.55. The largest absolute Gasteiger partial charge is 0.477 e. The van der Waals surface area contributed by atoms with Crippen LogP contribution in [0.15, 0.2) is 14.7 Å². The summed E-state index contributed by atoms with van der Waals surface area (Å²) >= 11 is 3.87. The Morgan fingerprint density at radius 2 is 2.10 bits per heavy atom. The third kappa shape index (κ3) is 4.81. The first kappa shape index (κ1) is 17.6. The van der Waals surface area contributed by atoms with E-state index in [1.807, 2.05) is 13.8 Å². The summed E-state index contributed by atoms with van der Waals surface area (Å²) in [6, 6.07) is 1.09. The van der Waals surface area contributed by atoms with Crippen molar-refractivity contribution in [2.75, 3.05) is 6.54 Å². The number of thiophene rings is 1. The monoisotopic (exact) mass is 385 g/mol. The summed E-state index contributed by atoms with van der Waals surface area (Å²) in [5, 5.41) is 18.5. The van der Waals surface area contributed by atoms with E-state index in [2.05, 4.69) is 20.7 Å². The van der Waals surface area contributed by atoms with Gasteiger partial charge in [-0.3, -0.25) is 0 Å². The lowest BCUT2D eigenvalue weighted by Gasteiger charge is -2.13. The van der Waals surface area contributed by atoms with E-state index < -0.39 is 22.1 Å². The smallest absolute Gasteiger partial charge is 0.345 e. The normalized spacial score (nSPS) is 13.7. The van der Waals surface area contributed by atoms with E-state index in [-0.39, 0.29) is 26.0 Å². The molecule has 0 radical (unpaired) electrons. The van der Waals surface area contributed by atoms with E-state index in [0.29, 0.717) is 6.42 Å². The van der Waals surface area contributed by atoms with Crippen molar-refractivity contribution in [1.82, 2.24) is 4.72 Å². The summed E-state index contributed by atoms with van der Waals surface area (Å²) in [6.07, 6.45) is -0.297. The molecular formula is C11H16BrNO5S2. The van der Waals surface area contributed by atoms with Gasteiger partial charge in [0.25, 0.3) is 0 Å². The molecule has 1 aromatic heterocycles. The number of aromatic carboxylic acids is 1. The number of carboxylic acid groups (broad SMARTS) is 1. The zero-order valence-corrected chi connectivity index (χ0v) is 14.2. The molecule has 1 atom stereocenters. The van der Waals surface area contributed by atoms with Crippen LogP contribution in [-0.4, -0.2) is 37.2 Å². The van der Waals surface area contributed by atoms with Gasteiger partial charge in [-0.05, 0) is 34.3 Å². The molecule has 1 unspecified atom stereocenters. The third-order valence-corrected chi connectivity index (χ3v) is 6.07. The Kier molecular flexibility index (Phi) is 6.14. The molecule has 0 aliphatic heterocycles. The van der Waals surface area contributed by atoms with Crippen LogP contribution in [0.2, 0.25) is 0 Å². The number of rotatable bonds is 7. The van der Waals surface area contributed by atoms with E-state index in [9.17, 15) is 18.3 Å². The molecule has 0 aromatic carbocycles. The number of carboxylic acids is 1. The molecule has 114 valence electrons. The minimum atomic E-state index is -3.84. The second kappa shape index (κ2) is 6.99. The third-order valence-electron chi connectivity index (χ3n) is 2.41. The standard InChI is InChI=1S/C11H16BrNO5S2/c1-6(2)3-7(14)5-13-20(17,18)9-4-8(11(15)16)19-10(9)12/h4,6-7,13-14H,3,5H2,1-2H3,(H,15,16). The minimum Gasteiger partial charge on any atom is -0.477 e. The van der Waals surface area contributed by atoms with Crippen molar-refractivity contribution in [2.45, 2.75) is 31.3 Å². The van der Waals surface area contributed by atoms with E-state index in [4.69, 9.17) is 5.11 Å². The average molecular weight is 386 g/mol. The Morgan fingerprint density at radius 1 is 1.50 bits per heavy atom. The van der Waals surface area contributed by atoms with Crippen LogP contribution in [0, 0.1) is 5.92 Å². The van der Waals surface area contributed by atoms with Gasteiger partial charge < -0.3 is 10.2 Å². The molecule has 0 bridgehead atoms. The molecule has 6 nitrogen and oxygen atoms in total. The van der Waals surface area contributed by atoms with Crippen LogP contribution in [0.1, 0.15) is 29.9 Å². The number of halogens is 1. The lowest BCUT2D eigenvalue weighted by atomic mass is 10.1. The van der Waals surface area contributed by atoms with Crippen molar-refractivity contribution >= 4 is 43.3 Å². The average Bonchev–Trinajstić information content (AvgIpc) is 2.69. The van der Waals surface area contributed by atoms with Crippen LogP contribution in [0.4, 0.5) is 0 Å². The Morgan fingerprint density at radius 3 is 2.55 bits per heavy atom. The van der Waals surface area contributed by atoms with Crippen LogP contribution in [-0.2, 0) is 10.0 Å². The fourth-order valence-corrected chi connectivity index (χ4v) is 5.03. The van der Waals surface area contributed by atoms with Crippen molar-refractivity contribution in [3.05, 3.63) is 14.7 Å². The van der Waals surface area contributed by atoms with Gasteiger partial charge in [0, 0.05) is 6.54 Å². The summed E-state index contributed by atoms with van der Waals surface area (Å²) in [7, 11) is -3.84. The number of nitrogens with one attached hydrogen (secondary N) is 1. The van der Waals surface area contributed by atoms with Gasteiger partial charge in [0.2, 0.25) is 10.0 Å². The maximum atomic E-state index is 12.0. The second-order valence-electron chi connectivity index (χ2n) is 4.69. The van der Waals surface area contributed by atoms with Gasteiger partial charge in [-0.15, -0.1) is 11.3 Å². The van der Waals surface area contributed by atoms with Crippen molar-refractivity contribution in [1.29, 1.82) is 0 Å². The van der Waals surface area contributed by atoms with E-state index >= 15 is 0 Å². The van der Waals surface area contributed by atoms with Crippen molar-refractivity contribution < 1.29 is 23.4 Å². The van der Waals surface area contributed by atoms with Crippen LogP contribution in [0.5, 0.6) is 0 Å². The van der Waals surface area contributed by atoms with Gasteiger partial charge in [0.05, 0.1) is 9.89 Å². The van der Waals surface area contributed by atoms with Gasteiger partial charge >= 0.3 is 5.97 Å². The molecule has 0 amide bonds. The van der Waals surface area contributed by atoms with Gasteiger partial charge in [-0.2, -0.15) is 0 Å². The minimum absolute atomic E-state index is 0.0695. The van der Waals surface area contributed by atoms with Crippen LogP contribution < -0.4 is 4.72 Å². The highest BCUT2D eigenvalue weighted by Crippen LogP contribution is 2.31. The summed E-state index contributed by atoms with van der Waals surface area (Å²) in [5.41, 5.74) is 0. The lowest BCUT2D eigenvalue weighted by molar-refractivity contribution is 0.0702. The maximum Gasteiger partial charge on any atom is 0.345 e. The number of aliphatic hydroxyl groups excluding tert-OH is 1. The molecule has 0 aliphatic carbocycles. The fraction of sp³-hybridized carbons (Fsp3) is 0.545. The number of carbonyl (C=O) groups is 1. The van der Waals surface area contributed by atoms with Crippen molar-refractivity contribution in [3.8, 4) is 0 Å². The molecule has 9 heteroatoms. The molecule has 3 N–H and O–H groups in total. The van der Waals surface area contributed by atoms with Gasteiger partial charge in [-0.25, -0.2) is 17.9 Å². The molecule has 0 saturated heterocycles. The first-order chi connectivity index (χ1) is 9.13. The van der Waals surface area contributed by atoms with Crippen LogP contribution in [0.25, 0.3) is 0 Å². The van der Waals surface area contributed by atoms with Gasteiger partial charge in [0.1, 0.15) is 9.77 Å². The van der Waals surface area contributed by atoms with E-state index in [1.165, 1.54) is 0 Å². The summed E-state index contributed by atoms with van der Waals surface area (Å²) in [6.45, 7) is 3.74. The predicted molar refractivity (Wildman–Crippen MR) is 79.6 cm³/mol. The summed E-state index contributed by atoms with van der Waals surface area (Å²) < 4.78 is 26.6. The molecule has 0 fully saturated rings. The Balaban J connectivity index is 2.81. The van der Waals surface area contributed by atoms with Gasteiger partial charge in [0.15, 0.2) is 0 Å². The lowest BCUT2D eigenvalue weighted by Crippen LogP contribution is -2.32. The molecule has 0 spiro atoms. The molecule has 1 rings (SSSR count). The Labute approximate surface area is 130 Å². The van der Waals surface area contributed by atoms with Crippen molar-refractivity contribution in [2.24, 2.45) is 5.92 Å². The highest BCUT2D eigenvalue weighted by Gasteiger charge is 2.23. The molecule has 1 heterocycles. The second-order valence-corrected chi connectivity index (χ2v) is 8.79. The first-order valence-electron chi connectivity index (χ1n) is 5.84. The van der Waals surface area contributed by atoms with E-state index in [1.54, 1.807) is 0 Å². The Hall–Kier alpha value is -0.480. The van der Waals surface area contributed by atoms with E-state index in [0.717, 1.165) is 17.4 Å². The maximum absolute atomic E-state index is 12.0. The molecule has 1 aromatic rings. The first-order valence-corrected chi connectivity index (χ1v) is 8.93. The number of sulfonamides is 1. The Bertz CT molecular complexity index is 582. The SMILES string of the molecule is CC(C)CC(O)CNS(=O)(=O)c1cc(C(=O)O)sc1Br. The van der Waals surface area contributed by atoms with Crippen molar-refractivity contribution in [3.63, 3.8) is 0 Å². The molecule has 0 aliphatic rings. The van der Waals surface area contributed by atoms with Crippen LogP contribution in [0.3, 0.4) is 0 Å². The molecule has 0 saturated carbocycles. The quantitative estimate of drug-likeness (QED) is 0.664. The molecule has 20 heavy (non-hydrogen) atoms. The zero-order valence-electron chi connectivity index (χ0n) is 11.0.